The first-order valence-electron chi connectivity index (χ1n) is 5.40. The smallest absolute Gasteiger partial charge is 0.101 e. The number of nitrogens with zero attached hydrogens (tertiary/aromatic N) is 1. The van der Waals surface area contributed by atoms with Crippen LogP contribution < -0.4 is 5.32 Å². The molecule has 1 heterocycles. The zero-order valence-electron chi connectivity index (χ0n) is 9.60. The molecule has 0 aliphatic carbocycles. The predicted octanol–water partition coefficient (Wildman–Crippen LogP) is 2.49. The lowest BCUT2D eigenvalue weighted by molar-refractivity contribution is 0.451. The van der Waals surface area contributed by atoms with E-state index < -0.39 is 0 Å². The molecular weight excluding hydrogens is 216 g/mol. The minimum Gasteiger partial charge on any atom is -0.381 e. The summed E-state index contributed by atoms with van der Waals surface area (Å²) in [6.07, 6.45) is 3.02. The van der Waals surface area contributed by atoms with Gasteiger partial charge >= 0.3 is 0 Å². The van der Waals surface area contributed by atoms with Crippen LogP contribution in [0.15, 0.2) is 42.1 Å². The fraction of sp³-hybridized carbons (Fsp3) is 0.308. The number of rotatable bonds is 2. The molecule has 1 unspecified atom stereocenters. The lowest BCUT2D eigenvalue weighted by Gasteiger charge is -2.29. The molecule has 0 bridgehead atoms. The van der Waals surface area contributed by atoms with Crippen LogP contribution in [-0.4, -0.2) is 24.0 Å². The van der Waals surface area contributed by atoms with Crippen molar-refractivity contribution in [2.75, 3.05) is 14.1 Å². The molecule has 0 saturated heterocycles. The van der Waals surface area contributed by atoms with Gasteiger partial charge in [0.05, 0.1) is 6.04 Å². The van der Waals surface area contributed by atoms with Crippen LogP contribution in [0.2, 0.25) is 0 Å². The molecule has 1 atom stereocenters. The number of thiocarbonyl (C=S) groups is 1. The Balaban J connectivity index is 2.21. The standard InChI is InChI=1S/C13H16N2S/c1-15(2)11-8-12(14-13(16)9-11)10-6-4-3-5-7-10/h3-7,9,12H,8H2,1-2H3,(H,14,16). The molecule has 0 amide bonds. The van der Waals surface area contributed by atoms with Gasteiger partial charge in [0.15, 0.2) is 0 Å². The maximum Gasteiger partial charge on any atom is 0.101 e. The van der Waals surface area contributed by atoms with Gasteiger partial charge in [-0.15, -0.1) is 0 Å². The maximum atomic E-state index is 5.26. The molecule has 0 aromatic heterocycles. The van der Waals surface area contributed by atoms with E-state index >= 15 is 0 Å². The largest absolute Gasteiger partial charge is 0.381 e. The third-order valence-electron chi connectivity index (χ3n) is 2.80. The van der Waals surface area contributed by atoms with Gasteiger partial charge in [-0.2, -0.15) is 0 Å². The summed E-state index contributed by atoms with van der Waals surface area (Å²) in [7, 11) is 4.11. The van der Waals surface area contributed by atoms with Crippen LogP contribution in [0.3, 0.4) is 0 Å². The molecule has 84 valence electrons. The van der Waals surface area contributed by atoms with Gasteiger partial charge in [0.1, 0.15) is 4.99 Å². The Morgan fingerprint density at radius 3 is 2.56 bits per heavy atom. The van der Waals surface area contributed by atoms with Gasteiger partial charge in [-0.05, 0) is 11.6 Å². The first kappa shape index (κ1) is 11.1. The van der Waals surface area contributed by atoms with Gasteiger partial charge in [0.2, 0.25) is 0 Å². The topological polar surface area (TPSA) is 15.3 Å². The number of benzene rings is 1. The van der Waals surface area contributed by atoms with Crippen molar-refractivity contribution in [3.8, 4) is 0 Å². The van der Waals surface area contributed by atoms with Crippen molar-refractivity contribution in [3.63, 3.8) is 0 Å². The Hall–Kier alpha value is -1.35. The zero-order chi connectivity index (χ0) is 11.5. The summed E-state index contributed by atoms with van der Waals surface area (Å²) in [4.78, 5) is 2.95. The van der Waals surface area contributed by atoms with Crippen molar-refractivity contribution in [2.45, 2.75) is 12.5 Å². The highest BCUT2D eigenvalue weighted by Crippen LogP contribution is 2.25. The van der Waals surface area contributed by atoms with Crippen LogP contribution in [0.5, 0.6) is 0 Å². The molecule has 1 aromatic rings. The molecule has 0 spiro atoms. The molecule has 0 radical (unpaired) electrons. The Morgan fingerprint density at radius 1 is 1.25 bits per heavy atom. The van der Waals surface area contributed by atoms with E-state index in [-0.39, 0.29) is 0 Å². The highest BCUT2D eigenvalue weighted by Gasteiger charge is 2.19. The molecule has 16 heavy (non-hydrogen) atoms. The second-order valence-corrected chi connectivity index (χ2v) is 4.65. The van der Waals surface area contributed by atoms with Crippen LogP contribution in [0.1, 0.15) is 18.0 Å². The van der Waals surface area contributed by atoms with E-state index in [1.54, 1.807) is 0 Å². The highest BCUT2D eigenvalue weighted by molar-refractivity contribution is 7.80. The van der Waals surface area contributed by atoms with E-state index in [1.165, 1.54) is 11.3 Å². The zero-order valence-corrected chi connectivity index (χ0v) is 10.4. The first-order valence-corrected chi connectivity index (χ1v) is 5.81. The van der Waals surface area contributed by atoms with Crippen LogP contribution >= 0.6 is 12.2 Å². The maximum absolute atomic E-state index is 5.26. The number of hydrogen-bond donors (Lipinski definition) is 1. The second kappa shape index (κ2) is 4.66. The summed E-state index contributed by atoms with van der Waals surface area (Å²) in [6, 6.07) is 10.7. The van der Waals surface area contributed by atoms with E-state index in [0.29, 0.717) is 6.04 Å². The Bertz CT molecular complexity index is 409. The van der Waals surface area contributed by atoms with Crippen molar-refractivity contribution in [3.05, 3.63) is 47.7 Å². The summed E-state index contributed by atoms with van der Waals surface area (Å²) in [5.41, 5.74) is 2.56. The van der Waals surface area contributed by atoms with E-state index in [2.05, 4.69) is 48.6 Å². The Labute approximate surface area is 102 Å². The van der Waals surface area contributed by atoms with Crippen LogP contribution in [0, 0.1) is 0 Å². The van der Waals surface area contributed by atoms with Crippen LogP contribution in [0.25, 0.3) is 0 Å². The predicted molar refractivity (Wildman–Crippen MR) is 71.3 cm³/mol. The molecule has 2 nitrogen and oxygen atoms in total. The summed E-state index contributed by atoms with van der Waals surface area (Å²) in [5, 5.41) is 3.35. The average Bonchev–Trinajstić information content (AvgIpc) is 2.29. The summed E-state index contributed by atoms with van der Waals surface area (Å²) >= 11 is 5.26. The second-order valence-electron chi connectivity index (χ2n) is 4.21. The normalized spacial score (nSPS) is 20.0. The lowest BCUT2D eigenvalue weighted by atomic mass is 9.99. The monoisotopic (exact) mass is 232 g/mol. The van der Waals surface area contributed by atoms with Crippen molar-refractivity contribution in [2.24, 2.45) is 0 Å². The highest BCUT2D eigenvalue weighted by atomic mass is 32.1. The van der Waals surface area contributed by atoms with Gasteiger partial charge < -0.3 is 10.2 Å². The third kappa shape index (κ3) is 2.42. The van der Waals surface area contributed by atoms with E-state index in [1.807, 2.05) is 12.1 Å². The van der Waals surface area contributed by atoms with Gasteiger partial charge in [0.25, 0.3) is 0 Å². The van der Waals surface area contributed by atoms with Crippen molar-refractivity contribution in [1.82, 2.24) is 10.2 Å². The van der Waals surface area contributed by atoms with Crippen molar-refractivity contribution in [1.29, 1.82) is 0 Å². The fourth-order valence-electron chi connectivity index (χ4n) is 1.88. The molecular formula is C13H16N2S. The SMILES string of the molecule is CN(C)C1=CC(=S)NC(c2ccccc2)C1. The van der Waals surface area contributed by atoms with Crippen LogP contribution in [0.4, 0.5) is 0 Å². The number of hydrogen-bond acceptors (Lipinski definition) is 2. The molecule has 1 aliphatic heterocycles. The molecule has 2 rings (SSSR count). The molecule has 3 heteroatoms. The average molecular weight is 232 g/mol. The van der Waals surface area contributed by atoms with Crippen LogP contribution in [-0.2, 0) is 0 Å². The van der Waals surface area contributed by atoms with E-state index in [0.717, 1.165) is 11.4 Å². The minimum atomic E-state index is 0.302. The van der Waals surface area contributed by atoms with Crippen molar-refractivity contribution >= 4 is 17.2 Å². The summed E-state index contributed by atoms with van der Waals surface area (Å²) in [5.74, 6) is 0. The quantitative estimate of drug-likeness (QED) is 0.789. The van der Waals surface area contributed by atoms with Crippen molar-refractivity contribution < 1.29 is 0 Å². The Kier molecular flexibility index (Phi) is 3.25. The van der Waals surface area contributed by atoms with E-state index in [4.69, 9.17) is 12.2 Å². The Morgan fingerprint density at radius 2 is 1.94 bits per heavy atom. The molecule has 1 N–H and O–H groups in total. The summed E-state index contributed by atoms with van der Waals surface area (Å²) < 4.78 is 0. The minimum absolute atomic E-state index is 0.302. The third-order valence-corrected chi connectivity index (χ3v) is 3.04. The van der Waals surface area contributed by atoms with E-state index in [9.17, 15) is 0 Å². The molecule has 0 saturated carbocycles. The fourth-order valence-corrected chi connectivity index (χ4v) is 2.16. The number of nitrogens with one attached hydrogen (secondary N) is 1. The molecule has 0 fully saturated rings. The lowest BCUT2D eigenvalue weighted by Crippen LogP contribution is -2.33. The van der Waals surface area contributed by atoms with Gasteiger partial charge in [-0.1, -0.05) is 42.5 Å². The molecule has 1 aromatic carbocycles. The first-order chi connectivity index (χ1) is 7.66. The van der Waals surface area contributed by atoms with Gasteiger partial charge in [0, 0.05) is 26.2 Å². The molecule has 1 aliphatic rings. The van der Waals surface area contributed by atoms with Gasteiger partial charge in [-0.3, -0.25) is 0 Å². The van der Waals surface area contributed by atoms with Gasteiger partial charge in [-0.25, -0.2) is 0 Å². The summed E-state index contributed by atoms with van der Waals surface area (Å²) in [6.45, 7) is 0.